The topological polar surface area (TPSA) is 29.9 Å². The second-order valence-electron chi connectivity index (χ2n) is 6.11. The minimum atomic E-state index is 0.573. The highest BCUT2D eigenvalue weighted by Gasteiger charge is 2.37. The van der Waals surface area contributed by atoms with Crippen LogP contribution in [0.3, 0.4) is 0 Å². The third-order valence-electron chi connectivity index (χ3n) is 4.72. The zero-order chi connectivity index (χ0) is 13.4. The molecular weight excluding hydrogens is 266 g/mol. The Morgan fingerprint density at radius 1 is 1.30 bits per heavy atom. The van der Waals surface area contributed by atoms with E-state index in [9.17, 15) is 0 Å². The molecule has 0 spiro atoms. The van der Waals surface area contributed by atoms with Crippen molar-refractivity contribution in [2.75, 3.05) is 0 Å². The number of hydrogen-bond donors (Lipinski definition) is 1. The van der Waals surface area contributed by atoms with Gasteiger partial charge in [0, 0.05) is 35.4 Å². The first kappa shape index (κ1) is 12.6. The zero-order valence-electron chi connectivity index (χ0n) is 11.6. The highest BCUT2D eigenvalue weighted by molar-refractivity contribution is 7.10. The van der Waals surface area contributed by atoms with Gasteiger partial charge in [-0.05, 0) is 49.5 Å². The van der Waals surface area contributed by atoms with Gasteiger partial charge in [-0.15, -0.1) is 11.3 Å². The summed E-state index contributed by atoms with van der Waals surface area (Å²) in [5.41, 5.74) is 0. The predicted molar refractivity (Wildman–Crippen MR) is 81.8 cm³/mol. The van der Waals surface area contributed by atoms with Crippen molar-refractivity contribution in [2.45, 2.75) is 50.2 Å². The minimum absolute atomic E-state index is 0.573. The van der Waals surface area contributed by atoms with Gasteiger partial charge in [-0.2, -0.15) is 0 Å². The maximum Gasteiger partial charge on any atom is 0.0949 e. The third-order valence-corrected chi connectivity index (χ3v) is 5.68. The van der Waals surface area contributed by atoms with Crippen LogP contribution in [0.1, 0.15) is 49.1 Å². The van der Waals surface area contributed by atoms with E-state index in [1.807, 2.05) is 23.9 Å². The fraction of sp³-hybridized carbons (Fsp3) is 0.562. The number of aromatic nitrogens is 2. The first-order chi connectivity index (χ1) is 9.92. The molecule has 0 aliphatic heterocycles. The lowest BCUT2D eigenvalue weighted by atomic mass is 10.1. The van der Waals surface area contributed by atoms with E-state index < -0.39 is 0 Å². The largest absolute Gasteiger partial charge is 0.333 e. The van der Waals surface area contributed by atoms with Crippen LogP contribution in [0.4, 0.5) is 0 Å². The van der Waals surface area contributed by atoms with Crippen LogP contribution >= 0.6 is 11.3 Å². The molecule has 1 N–H and O–H groups in total. The minimum Gasteiger partial charge on any atom is -0.333 e. The first-order valence-corrected chi connectivity index (χ1v) is 8.56. The SMILES string of the molecule is c1csc(C(NC2CCCC2n2ccnc2)C2CC2)c1. The predicted octanol–water partition coefficient (Wildman–Crippen LogP) is 3.78. The van der Waals surface area contributed by atoms with Crippen LogP contribution < -0.4 is 5.32 Å². The molecule has 106 valence electrons. The van der Waals surface area contributed by atoms with E-state index in [-0.39, 0.29) is 0 Å². The Morgan fingerprint density at radius 3 is 2.95 bits per heavy atom. The number of rotatable bonds is 5. The van der Waals surface area contributed by atoms with Crippen LogP contribution in [-0.2, 0) is 0 Å². The van der Waals surface area contributed by atoms with Gasteiger partial charge in [-0.3, -0.25) is 0 Å². The summed E-state index contributed by atoms with van der Waals surface area (Å²) in [5, 5.41) is 6.18. The highest BCUT2D eigenvalue weighted by Crippen LogP contribution is 2.44. The van der Waals surface area contributed by atoms with Crippen LogP contribution in [0.15, 0.2) is 36.2 Å². The summed E-state index contributed by atoms with van der Waals surface area (Å²) in [5.74, 6) is 0.859. The van der Waals surface area contributed by atoms with Crippen molar-refractivity contribution < 1.29 is 0 Å². The molecule has 3 unspecified atom stereocenters. The second-order valence-corrected chi connectivity index (χ2v) is 7.09. The molecular formula is C16H21N3S. The molecule has 0 radical (unpaired) electrons. The quantitative estimate of drug-likeness (QED) is 0.907. The molecule has 2 fully saturated rings. The van der Waals surface area contributed by atoms with Gasteiger partial charge in [0.25, 0.3) is 0 Å². The number of nitrogens with one attached hydrogen (secondary N) is 1. The summed E-state index contributed by atoms with van der Waals surface area (Å²) in [7, 11) is 0. The van der Waals surface area contributed by atoms with Crippen LogP contribution in [0.2, 0.25) is 0 Å². The maximum atomic E-state index is 4.21. The Morgan fingerprint density at radius 2 is 2.25 bits per heavy atom. The van der Waals surface area contributed by atoms with E-state index in [4.69, 9.17) is 0 Å². The van der Waals surface area contributed by atoms with Gasteiger partial charge in [-0.25, -0.2) is 4.98 Å². The molecule has 4 heteroatoms. The van der Waals surface area contributed by atoms with Crippen molar-refractivity contribution in [2.24, 2.45) is 5.92 Å². The molecule has 0 aromatic carbocycles. The normalized spacial score (nSPS) is 27.8. The fourth-order valence-electron chi connectivity index (χ4n) is 3.54. The number of thiophene rings is 1. The molecule has 0 saturated heterocycles. The van der Waals surface area contributed by atoms with Gasteiger partial charge >= 0.3 is 0 Å². The molecule has 3 atom stereocenters. The first-order valence-electron chi connectivity index (χ1n) is 7.69. The highest BCUT2D eigenvalue weighted by atomic mass is 32.1. The molecule has 0 amide bonds. The van der Waals surface area contributed by atoms with Crippen LogP contribution in [0.5, 0.6) is 0 Å². The number of hydrogen-bond acceptors (Lipinski definition) is 3. The smallest absolute Gasteiger partial charge is 0.0949 e. The lowest BCUT2D eigenvalue weighted by Crippen LogP contribution is -2.37. The number of nitrogens with zero attached hydrogens (tertiary/aromatic N) is 2. The fourth-order valence-corrected chi connectivity index (χ4v) is 4.41. The molecule has 0 bridgehead atoms. The van der Waals surface area contributed by atoms with Crippen molar-refractivity contribution >= 4 is 11.3 Å². The molecule has 2 heterocycles. The Kier molecular flexibility index (Phi) is 3.36. The van der Waals surface area contributed by atoms with Crippen molar-refractivity contribution in [3.63, 3.8) is 0 Å². The van der Waals surface area contributed by atoms with Crippen LogP contribution in [0.25, 0.3) is 0 Å². The lowest BCUT2D eigenvalue weighted by Gasteiger charge is -2.27. The summed E-state index contributed by atoms with van der Waals surface area (Å²) in [4.78, 5) is 5.73. The van der Waals surface area contributed by atoms with Gasteiger partial charge < -0.3 is 9.88 Å². The molecule has 2 aliphatic rings. The average molecular weight is 287 g/mol. The van der Waals surface area contributed by atoms with Gasteiger partial charge in [0.15, 0.2) is 0 Å². The molecule has 2 aliphatic carbocycles. The summed E-state index contributed by atoms with van der Waals surface area (Å²) in [6.45, 7) is 0. The van der Waals surface area contributed by atoms with E-state index in [1.165, 1.54) is 37.0 Å². The summed E-state index contributed by atoms with van der Waals surface area (Å²) in [6, 6.07) is 6.22. The van der Waals surface area contributed by atoms with Crippen molar-refractivity contribution in [3.05, 3.63) is 41.1 Å². The average Bonchev–Trinajstić information content (AvgIpc) is 2.96. The summed E-state index contributed by atoms with van der Waals surface area (Å²) in [6.07, 6.45) is 12.6. The van der Waals surface area contributed by atoms with Gasteiger partial charge in [0.1, 0.15) is 0 Å². The number of imidazole rings is 1. The molecule has 3 nitrogen and oxygen atoms in total. The van der Waals surface area contributed by atoms with Crippen molar-refractivity contribution in [1.29, 1.82) is 0 Å². The van der Waals surface area contributed by atoms with Crippen molar-refractivity contribution in [3.8, 4) is 0 Å². The van der Waals surface area contributed by atoms with Gasteiger partial charge in [-0.1, -0.05) is 6.07 Å². The molecule has 2 aromatic rings. The van der Waals surface area contributed by atoms with E-state index in [2.05, 4.69) is 38.6 Å². The molecule has 4 rings (SSSR count). The molecule has 20 heavy (non-hydrogen) atoms. The third kappa shape index (κ3) is 2.42. The van der Waals surface area contributed by atoms with Crippen LogP contribution in [-0.4, -0.2) is 15.6 Å². The second kappa shape index (κ2) is 5.34. The van der Waals surface area contributed by atoms with Gasteiger partial charge in [0.2, 0.25) is 0 Å². The zero-order valence-corrected chi connectivity index (χ0v) is 12.4. The molecule has 2 aromatic heterocycles. The summed E-state index contributed by atoms with van der Waals surface area (Å²) >= 11 is 1.90. The maximum absolute atomic E-state index is 4.21. The van der Waals surface area contributed by atoms with Crippen molar-refractivity contribution in [1.82, 2.24) is 14.9 Å². The Bertz CT molecular complexity index is 530. The van der Waals surface area contributed by atoms with Crippen LogP contribution in [0, 0.1) is 5.92 Å². The Balaban J connectivity index is 1.51. The van der Waals surface area contributed by atoms with E-state index in [0.717, 1.165) is 5.92 Å². The summed E-state index contributed by atoms with van der Waals surface area (Å²) < 4.78 is 2.29. The Labute approximate surface area is 124 Å². The van der Waals surface area contributed by atoms with Gasteiger partial charge in [0.05, 0.1) is 6.33 Å². The standard InChI is InChI=1S/C16H21N3S/c1-3-13(14(4-1)19-9-8-17-11-19)18-16(12-6-7-12)15-5-2-10-20-15/h2,5,8-14,16,18H,1,3-4,6-7H2. The Hall–Kier alpha value is -1.13. The monoisotopic (exact) mass is 287 g/mol. The van der Waals surface area contributed by atoms with E-state index in [1.54, 1.807) is 0 Å². The lowest BCUT2D eigenvalue weighted by molar-refractivity contribution is 0.338. The molecule has 2 saturated carbocycles. The van der Waals surface area contributed by atoms with E-state index >= 15 is 0 Å². The van der Waals surface area contributed by atoms with E-state index in [0.29, 0.717) is 18.1 Å².